The number of esters is 1. The van der Waals surface area contributed by atoms with E-state index in [1.54, 1.807) is 0 Å². The van der Waals surface area contributed by atoms with E-state index in [0.717, 1.165) is 11.1 Å². The first kappa shape index (κ1) is 15.3. The molecule has 0 bridgehead atoms. The molecule has 0 saturated carbocycles. The molecule has 23 heavy (non-hydrogen) atoms. The number of methoxy groups -OCH3 is 1. The van der Waals surface area contributed by atoms with Crippen molar-refractivity contribution in [2.45, 2.75) is 12.5 Å². The maximum atomic E-state index is 11.4. The van der Waals surface area contributed by atoms with Crippen molar-refractivity contribution in [3.05, 3.63) is 72.3 Å². The fraction of sp³-hybridized carbons (Fsp3) is 0.150. The third-order valence-corrected chi connectivity index (χ3v) is 4.01. The van der Waals surface area contributed by atoms with E-state index >= 15 is 0 Å². The predicted molar refractivity (Wildman–Crippen MR) is 93.1 cm³/mol. The van der Waals surface area contributed by atoms with E-state index in [9.17, 15) is 4.79 Å². The molecular weight excluding hydrogens is 286 g/mol. The smallest absolute Gasteiger partial charge is 0.322 e. The van der Waals surface area contributed by atoms with Gasteiger partial charge in [-0.3, -0.25) is 4.79 Å². The first-order valence-corrected chi connectivity index (χ1v) is 7.59. The summed E-state index contributed by atoms with van der Waals surface area (Å²) in [6.45, 7) is 0. The molecule has 0 aromatic heterocycles. The minimum Gasteiger partial charge on any atom is -0.468 e. The van der Waals surface area contributed by atoms with Crippen molar-refractivity contribution < 1.29 is 9.53 Å². The molecule has 0 amide bonds. The quantitative estimate of drug-likeness (QED) is 0.750. The van der Waals surface area contributed by atoms with Crippen LogP contribution in [-0.2, 0) is 16.0 Å². The topological polar surface area (TPSA) is 52.3 Å². The summed E-state index contributed by atoms with van der Waals surface area (Å²) < 4.78 is 4.66. The number of carbonyl (C=O) groups is 1. The Morgan fingerprint density at radius 3 is 2.43 bits per heavy atom. The van der Waals surface area contributed by atoms with Crippen molar-refractivity contribution in [3.8, 4) is 11.1 Å². The van der Waals surface area contributed by atoms with Crippen LogP contribution in [0.4, 0.5) is 0 Å². The molecular formula is C20H19NO2. The highest BCUT2D eigenvalue weighted by molar-refractivity contribution is 5.96. The maximum absolute atomic E-state index is 11.4. The molecule has 3 heteroatoms. The molecule has 0 unspecified atom stereocenters. The highest BCUT2D eigenvalue weighted by Gasteiger charge is 2.14. The van der Waals surface area contributed by atoms with E-state index in [1.165, 1.54) is 23.4 Å². The lowest BCUT2D eigenvalue weighted by atomic mass is 9.96. The molecule has 116 valence electrons. The van der Waals surface area contributed by atoms with Crippen LogP contribution in [0.5, 0.6) is 0 Å². The number of hydrogen-bond acceptors (Lipinski definition) is 3. The number of rotatable bonds is 4. The van der Waals surface area contributed by atoms with Crippen LogP contribution in [0.2, 0.25) is 0 Å². The van der Waals surface area contributed by atoms with Gasteiger partial charge in [0.2, 0.25) is 0 Å². The summed E-state index contributed by atoms with van der Waals surface area (Å²) in [5.74, 6) is -0.386. The van der Waals surface area contributed by atoms with E-state index in [4.69, 9.17) is 5.73 Å². The summed E-state index contributed by atoms with van der Waals surface area (Å²) in [5, 5.41) is 2.45. The van der Waals surface area contributed by atoms with E-state index in [1.807, 2.05) is 18.2 Å². The average molecular weight is 305 g/mol. The lowest BCUT2D eigenvalue weighted by Crippen LogP contribution is -2.33. The zero-order valence-electron chi connectivity index (χ0n) is 13.0. The zero-order chi connectivity index (χ0) is 16.2. The molecule has 3 aromatic rings. The Balaban J connectivity index is 1.88. The fourth-order valence-electron chi connectivity index (χ4n) is 2.79. The summed E-state index contributed by atoms with van der Waals surface area (Å²) in [5.41, 5.74) is 9.18. The molecule has 0 radical (unpaired) electrons. The molecule has 0 saturated heterocycles. The molecule has 0 fully saturated rings. The van der Waals surface area contributed by atoms with E-state index in [2.05, 4.69) is 53.3 Å². The minimum absolute atomic E-state index is 0.386. The van der Waals surface area contributed by atoms with Crippen LogP contribution < -0.4 is 5.73 Å². The standard InChI is InChI=1S/C20H19NO2/c1-23-20(22)19(21)13-14-9-11-16(12-10-14)18-8-4-6-15-5-2-3-7-17(15)18/h2-12,19H,13,21H2,1H3/t19-/m0/s1. The van der Waals surface area contributed by atoms with Crippen LogP contribution in [0.15, 0.2) is 66.7 Å². The molecule has 3 rings (SSSR count). The molecule has 0 aliphatic carbocycles. The number of nitrogens with two attached hydrogens (primary N) is 1. The third-order valence-electron chi connectivity index (χ3n) is 4.01. The molecule has 1 atom stereocenters. The molecule has 3 nitrogen and oxygen atoms in total. The van der Waals surface area contributed by atoms with Gasteiger partial charge in [0.1, 0.15) is 6.04 Å². The number of benzene rings is 3. The van der Waals surface area contributed by atoms with Gasteiger partial charge >= 0.3 is 5.97 Å². The van der Waals surface area contributed by atoms with Crippen LogP contribution in [0.3, 0.4) is 0 Å². The van der Waals surface area contributed by atoms with Crippen molar-refractivity contribution in [1.82, 2.24) is 0 Å². The van der Waals surface area contributed by atoms with Crippen LogP contribution in [0.1, 0.15) is 5.56 Å². The summed E-state index contributed by atoms with van der Waals surface area (Å²) in [6, 6.07) is 22.2. The van der Waals surface area contributed by atoms with Crippen molar-refractivity contribution in [2.75, 3.05) is 7.11 Å². The van der Waals surface area contributed by atoms with Gasteiger partial charge in [-0.15, -0.1) is 0 Å². The highest BCUT2D eigenvalue weighted by Crippen LogP contribution is 2.28. The normalized spacial score (nSPS) is 12.1. The number of carbonyl (C=O) groups excluding carboxylic acids is 1. The second kappa shape index (κ2) is 6.63. The summed E-state index contributed by atoms with van der Waals surface area (Å²) >= 11 is 0. The minimum atomic E-state index is -0.622. The largest absolute Gasteiger partial charge is 0.468 e. The molecule has 0 spiro atoms. The summed E-state index contributed by atoms with van der Waals surface area (Å²) in [6.07, 6.45) is 0.475. The van der Waals surface area contributed by atoms with E-state index in [-0.39, 0.29) is 5.97 Å². The number of hydrogen-bond donors (Lipinski definition) is 1. The van der Waals surface area contributed by atoms with Crippen LogP contribution >= 0.6 is 0 Å². The van der Waals surface area contributed by atoms with E-state index < -0.39 is 6.04 Å². The second-order valence-corrected chi connectivity index (χ2v) is 5.56. The molecule has 3 aromatic carbocycles. The average Bonchev–Trinajstić information content (AvgIpc) is 2.61. The highest BCUT2D eigenvalue weighted by atomic mass is 16.5. The Kier molecular flexibility index (Phi) is 4.40. The van der Waals surface area contributed by atoms with Gasteiger partial charge in [0, 0.05) is 0 Å². The Morgan fingerprint density at radius 1 is 1.00 bits per heavy atom. The molecule has 2 N–H and O–H groups in total. The zero-order valence-corrected chi connectivity index (χ0v) is 13.0. The van der Waals surface area contributed by atoms with Crippen LogP contribution in [-0.4, -0.2) is 19.1 Å². The van der Waals surface area contributed by atoms with Gasteiger partial charge < -0.3 is 10.5 Å². The van der Waals surface area contributed by atoms with Gasteiger partial charge in [0.05, 0.1) is 7.11 Å². The van der Waals surface area contributed by atoms with Gasteiger partial charge in [-0.2, -0.15) is 0 Å². The predicted octanol–water partition coefficient (Wildman–Crippen LogP) is 3.55. The van der Waals surface area contributed by atoms with E-state index in [0.29, 0.717) is 6.42 Å². The Hall–Kier alpha value is -2.65. The van der Waals surface area contributed by atoms with Gasteiger partial charge in [-0.25, -0.2) is 0 Å². The van der Waals surface area contributed by atoms with Gasteiger partial charge in [-0.05, 0) is 33.9 Å². The maximum Gasteiger partial charge on any atom is 0.322 e. The van der Waals surface area contributed by atoms with Crippen molar-refractivity contribution >= 4 is 16.7 Å². The van der Waals surface area contributed by atoms with Crippen LogP contribution in [0.25, 0.3) is 21.9 Å². The lowest BCUT2D eigenvalue weighted by Gasteiger charge is -2.11. The SMILES string of the molecule is COC(=O)[C@@H](N)Cc1ccc(-c2cccc3ccccc23)cc1. The Labute approximate surface area is 135 Å². The molecule has 0 aliphatic heterocycles. The first-order chi connectivity index (χ1) is 11.2. The lowest BCUT2D eigenvalue weighted by molar-refractivity contribution is -0.142. The first-order valence-electron chi connectivity index (χ1n) is 7.59. The summed E-state index contributed by atoms with van der Waals surface area (Å²) in [4.78, 5) is 11.4. The number of fused-ring (bicyclic) bond motifs is 1. The number of ether oxygens (including phenoxy) is 1. The fourth-order valence-corrected chi connectivity index (χ4v) is 2.79. The second-order valence-electron chi connectivity index (χ2n) is 5.56. The van der Waals surface area contributed by atoms with Gasteiger partial charge in [-0.1, -0.05) is 66.7 Å². The third kappa shape index (κ3) is 3.25. The van der Waals surface area contributed by atoms with Crippen molar-refractivity contribution in [1.29, 1.82) is 0 Å². The van der Waals surface area contributed by atoms with Crippen LogP contribution in [0, 0.1) is 0 Å². The van der Waals surface area contributed by atoms with Crippen molar-refractivity contribution in [3.63, 3.8) is 0 Å². The van der Waals surface area contributed by atoms with Gasteiger partial charge in [0.15, 0.2) is 0 Å². The molecule has 0 aliphatic rings. The van der Waals surface area contributed by atoms with Gasteiger partial charge in [0.25, 0.3) is 0 Å². The molecule has 0 heterocycles. The summed E-state index contributed by atoms with van der Waals surface area (Å²) in [7, 11) is 1.35. The monoisotopic (exact) mass is 305 g/mol. The van der Waals surface area contributed by atoms with Crippen molar-refractivity contribution in [2.24, 2.45) is 5.73 Å². The Morgan fingerprint density at radius 2 is 1.70 bits per heavy atom. The Bertz CT molecular complexity index is 819.